The van der Waals surface area contributed by atoms with E-state index >= 15 is 0 Å². The van der Waals surface area contributed by atoms with Gasteiger partial charge in [-0.15, -0.1) is 0 Å². The molecule has 0 rings (SSSR count). The first-order valence-corrected chi connectivity index (χ1v) is 5.51. The molecule has 2 atom stereocenters. The van der Waals surface area contributed by atoms with E-state index in [1.165, 1.54) is 0 Å². The van der Waals surface area contributed by atoms with Crippen LogP contribution in [0, 0.1) is 0 Å². The average Bonchev–Trinajstić information content (AvgIpc) is 2.04. The summed E-state index contributed by atoms with van der Waals surface area (Å²) in [6.45, 7) is 1.88. The molecule has 0 saturated heterocycles. The van der Waals surface area contributed by atoms with Crippen molar-refractivity contribution in [1.82, 2.24) is 0 Å². The van der Waals surface area contributed by atoms with Crippen LogP contribution < -0.4 is 5.73 Å². The van der Waals surface area contributed by atoms with Crippen molar-refractivity contribution in [2.45, 2.75) is 19.4 Å². The van der Waals surface area contributed by atoms with E-state index in [0.717, 1.165) is 0 Å². The molecular formula is C8H15NO3S. The highest BCUT2D eigenvalue weighted by atomic mass is 32.2. The highest BCUT2D eigenvalue weighted by Gasteiger charge is 2.14. The number of hydrogen-bond acceptors (Lipinski definition) is 3. The summed E-state index contributed by atoms with van der Waals surface area (Å²) in [5.74, 6) is -0.586. The Morgan fingerprint density at radius 2 is 2.31 bits per heavy atom. The van der Waals surface area contributed by atoms with E-state index in [9.17, 15) is 9.00 Å². The van der Waals surface area contributed by atoms with Crippen molar-refractivity contribution in [3.63, 3.8) is 0 Å². The molecule has 0 heterocycles. The van der Waals surface area contributed by atoms with Gasteiger partial charge in [0.1, 0.15) is 6.04 Å². The highest BCUT2D eigenvalue weighted by Crippen LogP contribution is 1.92. The molecule has 76 valence electrons. The third-order valence-electron chi connectivity index (χ3n) is 1.43. The summed E-state index contributed by atoms with van der Waals surface area (Å²) in [4.78, 5) is 10.3. The van der Waals surface area contributed by atoms with Crippen LogP contribution >= 0.6 is 0 Å². The number of hydrogen-bond donors (Lipinski definition) is 2. The SMILES string of the molecule is C/C=C/CCS(=O)CC(N)C(=O)O. The van der Waals surface area contributed by atoms with Crippen LogP contribution in [0.5, 0.6) is 0 Å². The molecule has 0 radical (unpaired) electrons. The molecule has 0 spiro atoms. The Bertz CT molecular complexity index is 215. The number of nitrogens with two attached hydrogens (primary N) is 1. The molecular weight excluding hydrogens is 190 g/mol. The summed E-state index contributed by atoms with van der Waals surface area (Å²) in [6, 6.07) is -1.01. The number of carbonyl (C=O) groups is 1. The number of carboxylic acid groups (broad SMARTS) is 1. The number of aliphatic carboxylic acids is 1. The van der Waals surface area contributed by atoms with Crippen molar-refractivity contribution in [1.29, 1.82) is 0 Å². The minimum atomic E-state index is -1.13. The third-order valence-corrected chi connectivity index (χ3v) is 2.85. The molecule has 0 aliphatic heterocycles. The lowest BCUT2D eigenvalue weighted by Crippen LogP contribution is -2.35. The normalized spacial score (nSPS) is 15.8. The Hall–Kier alpha value is -0.680. The lowest BCUT2D eigenvalue weighted by molar-refractivity contribution is -0.137. The molecule has 0 saturated carbocycles. The van der Waals surface area contributed by atoms with Gasteiger partial charge in [0.05, 0.1) is 0 Å². The first kappa shape index (κ1) is 12.3. The van der Waals surface area contributed by atoms with Gasteiger partial charge in [-0.25, -0.2) is 0 Å². The van der Waals surface area contributed by atoms with Crippen molar-refractivity contribution in [3.05, 3.63) is 12.2 Å². The maximum absolute atomic E-state index is 11.2. The molecule has 0 amide bonds. The van der Waals surface area contributed by atoms with Gasteiger partial charge in [0.15, 0.2) is 0 Å². The maximum Gasteiger partial charge on any atom is 0.321 e. The molecule has 5 heteroatoms. The molecule has 0 aliphatic rings. The Balaban J connectivity index is 3.68. The van der Waals surface area contributed by atoms with Crippen molar-refractivity contribution >= 4 is 16.8 Å². The fraction of sp³-hybridized carbons (Fsp3) is 0.625. The van der Waals surface area contributed by atoms with E-state index in [2.05, 4.69) is 0 Å². The lowest BCUT2D eigenvalue weighted by Gasteiger charge is -2.04. The maximum atomic E-state index is 11.2. The zero-order chi connectivity index (χ0) is 10.3. The molecule has 0 aromatic heterocycles. The molecule has 0 aliphatic carbocycles. The standard InChI is InChI=1S/C8H15NO3S/c1-2-3-4-5-13(12)6-7(9)8(10)11/h2-3,7H,4-6,9H2,1H3,(H,10,11)/b3-2+. The fourth-order valence-corrected chi connectivity index (χ4v) is 1.83. The number of rotatable bonds is 6. The van der Waals surface area contributed by atoms with Crippen molar-refractivity contribution in [2.24, 2.45) is 5.73 Å². The molecule has 0 bridgehead atoms. The van der Waals surface area contributed by atoms with Gasteiger partial charge >= 0.3 is 5.97 Å². The quantitative estimate of drug-likeness (QED) is 0.603. The van der Waals surface area contributed by atoms with Crippen LogP contribution in [0.15, 0.2) is 12.2 Å². The third kappa shape index (κ3) is 6.48. The van der Waals surface area contributed by atoms with Gasteiger partial charge in [0, 0.05) is 22.3 Å². The second-order valence-corrected chi connectivity index (χ2v) is 4.23. The Morgan fingerprint density at radius 1 is 1.69 bits per heavy atom. The summed E-state index contributed by atoms with van der Waals surface area (Å²) in [7, 11) is -1.13. The molecule has 2 unspecified atom stereocenters. The summed E-state index contributed by atoms with van der Waals surface area (Å²) in [5.41, 5.74) is 5.21. The van der Waals surface area contributed by atoms with Crippen LogP contribution in [0.3, 0.4) is 0 Å². The van der Waals surface area contributed by atoms with Crippen LogP contribution in [-0.4, -0.2) is 32.8 Å². The van der Waals surface area contributed by atoms with Gasteiger partial charge in [-0.2, -0.15) is 0 Å². The molecule has 13 heavy (non-hydrogen) atoms. The topological polar surface area (TPSA) is 80.4 Å². The Kier molecular flexibility index (Phi) is 6.44. The van der Waals surface area contributed by atoms with E-state index in [0.29, 0.717) is 12.2 Å². The van der Waals surface area contributed by atoms with Gasteiger partial charge in [0.2, 0.25) is 0 Å². The van der Waals surface area contributed by atoms with Gasteiger partial charge < -0.3 is 10.8 Å². The van der Waals surface area contributed by atoms with Gasteiger partial charge in [-0.05, 0) is 13.3 Å². The second kappa shape index (κ2) is 6.80. The second-order valence-electron chi connectivity index (χ2n) is 2.61. The molecule has 0 aromatic rings. The summed E-state index contributed by atoms with van der Waals surface area (Å²) < 4.78 is 11.2. The minimum absolute atomic E-state index is 0.0346. The predicted molar refractivity (Wildman–Crippen MR) is 52.9 cm³/mol. The van der Waals surface area contributed by atoms with Gasteiger partial charge in [-0.1, -0.05) is 12.2 Å². The first-order valence-electron chi connectivity index (χ1n) is 4.02. The highest BCUT2D eigenvalue weighted by molar-refractivity contribution is 7.85. The monoisotopic (exact) mass is 205 g/mol. The van der Waals surface area contributed by atoms with E-state index < -0.39 is 22.8 Å². The zero-order valence-corrected chi connectivity index (χ0v) is 8.42. The molecule has 0 aromatic carbocycles. The Morgan fingerprint density at radius 3 is 2.77 bits per heavy atom. The van der Waals surface area contributed by atoms with E-state index in [1.807, 2.05) is 19.1 Å². The van der Waals surface area contributed by atoms with Crippen LogP contribution in [0.4, 0.5) is 0 Å². The predicted octanol–water partition coefficient (Wildman–Crippen LogP) is 0.113. The molecule has 4 nitrogen and oxygen atoms in total. The minimum Gasteiger partial charge on any atom is -0.480 e. The summed E-state index contributed by atoms with van der Waals surface area (Å²) in [6.07, 6.45) is 4.47. The summed E-state index contributed by atoms with van der Waals surface area (Å²) >= 11 is 0. The lowest BCUT2D eigenvalue weighted by atomic mass is 10.4. The van der Waals surface area contributed by atoms with E-state index in [-0.39, 0.29) is 5.75 Å². The van der Waals surface area contributed by atoms with E-state index in [4.69, 9.17) is 10.8 Å². The fourth-order valence-electron chi connectivity index (χ4n) is 0.721. The van der Waals surface area contributed by atoms with Crippen molar-refractivity contribution in [2.75, 3.05) is 11.5 Å². The molecule has 3 N–H and O–H groups in total. The van der Waals surface area contributed by atoms with Crippen LogP contribution in [0.25, 0.3) is 0 Å². The zero-order valence-electron chi connectivity index (χ0n) is 7.60. The van der Waals surface area contributed by atoms with Gasteiger partial charge in [0.25, 0.3) is 0 Å². The number of allylic oxidation sites excluding steroid dienone is 2. The van der Waals surface area contributed by atoms with Crippen molar-refractivity contribution in [3.8, 4) is 0 Å². The smallest absolute Gasteiger partial charge is 0.321 e. The number of carboxylic acids is 1. The van der Waals surface area contributed by atoms with Gasteiger partial charge in [-0.3, -0.25) is 9.00 Å². The van der Waals surface area contributed by atoms with Crippen molar-refractivity contribution < 1.29 is 14.1 Å². The largest absolute Gasteiger partial charge is 0.480 e. The average molecular weight is 205 g/mol. The first-order chi connectivity index (χ1) is 6.07. The van der Waals surface area contributed by atoms with E-state index in [1.54, 1.807) is 0 Å². The van der Waals surface area contributed by atoms with Crippen LogP contribution in [-0.2, 0) is 15.6 Å². The van der Waals surface area contributed by atoms with Crippen LogP contribution in [0.1, 0.15) is 13.3 Å². The summed E-state index contributed by atoms with van der Waals surface area (Å²) in [5, 5.41) is 8.43. The van der Waals surface area contributed by atoms with Crippen LogP contribution in [0.2, 0.25) is 0 Å². The molecule has 0 fully saturated rings. The Labute approximate surface area is 80.3 Å².